The summed E-state index contributed by atoms with van der Waals surface area (Å²) in [5.41, 5.74) is 1.78. The minimum absolute atomic E-state index is 0.341. The van der Waals surface area contributed by atoms with Crippen LogP contribution in [0.2, 0.25) is 0 Å². The van der Waals surface area contributed by atoms with Crippen LogP contribution < -0.4 is 5.69 Å². The van der Waals surface area contributed by atoms with E-state index in [1.165, 1.54) is 15.7 Å². The number of hydrogen-bond acceptors (Lipinski definition) is 5. The molecule has 0 aliphatic heterocycles. The summed E-state index contributed by atoms with van der Waals surface area (Å²) < 4.78 is 1.32. The molecular formula is C14H11N7O. The van der Waals surface area contributed by atoms with Crippen molar-refractivity contribution in [1.82, 2.24) is 34.7 Å². The maximum Gasteiger partial charge on any atom is 0.348 e. The van der Waals surface area contributed by atoms with Crippen LogP contribution >= 0.6 is 0 Å². The highest BCUT2D eigenvalue weighted by molar-refractivity contribution is 5.69. The van der Waals surface area contributed by atoms with Crippen LogP contribution in [-0.4, -0.2) is 34.7 Å². The summed E-state index contributed by atoms with van der Waals surface area (Å²) in [5, 5.41) is 7.54. The molecule has 0 saturated carbocycles. The predicted octanol–water partition coefficient (Wildman–Crippen LogP) is 0.613. The largest absolute Gasteiger partial charge is 0.348 e. The van der Waals surface area contributed by atoms with Crippen molar-refractivity contribution in [2.45, 2.75) is 6.42 Å². The van der Waals surface area contributed by atoms with Crippen molar-refractivity contribution >= 4 is 11.2 Å². The molecule has 22 heavy (non-hydrogen) atoms. The van der Waals surface area contributed by atoms with E-state index in [9.17, 15) is 4.79 Å². The Bertz CT molecular complexity index is 970. The van der Waals surface area contributed by atoms with Crippen LogP contribution in [0.1, 0.15) is 11.4 Å². The lowest BCUT2D eigenvalue weighted by Crippen LogP contribution is -2.24. The van der Waals surface area contributed by atoms with Crippen molar-refractivity contribution in [3.8, 4) is 0 Å². The molecule has 8 nitrogen and oxygen atoms in total. The summed E-state index contributed by atoms with van der Waals surface area (Å²) in [5.74, 6) is 0.631. The lowest BCUT2D eigenvalue weighted by Gasteiger charge is -2.03. The number of imidazole rings is 1. The molecule has 0 aliphatic carbocycles. The van der Waals surface area contributed by atoms with Gasteiger partial charge in [-0.2, -0.15) is 4.68 Å². The first kappa shape index (κ1) is 12.5. The Balaban J connectivity index is 1.83. The summed E-state index contributed by atoms with van der Waals surface area (Å²) >= 11 is 0. The Hall–Kier alpha value is -3.29. The first-order chi connectivity index (χ1) is 10.8. The molecule has 3 aromatic heterocycles. The molecule has 0 saturated heterocycles. The van der Waals surface area contributed by atoms with Gasteiger partial charge in [0.1, 0.15) is 11.3 Å². The highest BCUT2D eigenvalue weighted by Crippen LogP contribution is 2.10. The molecule has 0 spiro atoms. The highest BCUT2D eigenvalue weighted by atomic mass is 16.2. The third-order valence-electron chi connectivity index (χ3n) is 3.27. The Morgan fingerprint density at radius 1 is 1.18 bits per heavy atom. The molecule has 3 heterocycles. The second-order valence-corrected chi connectivity index (χ2v) is 4.75. The number of hydrogen-bond donors (Lipinski definition) is 1. The number of nitrogens with zero attached hydrogens (tertiary/aromatic N) is 6. The van der Waals surface area contributed by atoms with Crippen molar-refractivity contribution in [2.24, 2.45) is 0 Å². The maximum atomic E-state index is 12.1. The van der Waals surface area contributed by atoms with Gasteiger partial charge in [0.25, 0.3) is 0 Å². The smallest absolute Gasteiger partial charge is 0.301 e. The number of aromatic nitrogens is 7. The first-order valence-electron chi connectivity index (χ1n) is 6.69. The molecule has 0 radical (unpaired) electrons. The zero-order valence-corrected chi connectivity index (χ0v) is 11.4. The number of aromatic amines is 1. The molecule has 8 heteroatoms. The standard InChI is InChI=1S/C14H11N7O/c22-14-17-11-9-15-12(8-10-4-2-1-3-5-10)18-13(11)21(14)20-7-6-16-19-20/h1-7,9H,8H2,(H,17,22). The van der Waals surface area contributed by atoms with Gasteiger partial charge >= 0.3 is 5.69 Å². The number of H-pyrrole nitrogens is 1. The second kappa shape index (κ2) is 4.92. The Morgan fingerprint density at radius 3 is 2.82 bits per heavy atom. The molecule has 0 bridgehead atoms. The van der Waals surface area contributed by atoms with E-state index in [2.05, 4.69) is 25.3 Å². The molecule has 1 aromatic carbocycles. The lowest BCUT2D eigenvalue weighted by atomic mass is 10.1. The lowest BCUT2D eigenvalue weighted by molar-refractivity contribution is 0.544. The zero-order valence-electron chi connectivity index (χ0n) is 11.4. The van der Waals surface area contributed by atoms with Crippen LogP contribution in [0.15, 0.2) is 53.7 Å². The SMILES string of the molecule is O=c1[nH]c2cnc(Cc3ccccc3)nc2n1-n1ccnn1. The van der Waals surface area contributed by atoms with Crippen LogP contribution in [0.25, 0.3) is 11.2 Å². The van der Waals surface area contributed by atoms with E-state index in [-0.39, 0.29) is 5.69 Å². The van der Waals surface area contributed by atoms with Crippen molar-refractivity contribution in [3.63, 3.8) is 0 Å². The van der Waals surface area contributed by atoms with Gasteiger partial charge in [-0.25, -0.2) is 14.8 Å². The monoisotopic (exact) mass is 293 g/mol. The quantitative estimate of drug-likeness (QED) is 0.597. The average molecular weight is 293 g/mol. The van der Waals surface area contributed by atoms with Crippen LogP contribution in [0.5, 0.6) is 0 Å². The molecule has 0 aliphatic rings. The van der Waals surface area contributed by atoms with E-state index in [1.54, 1.807) is 12.4 Å². The highest BCUT2D eigenvalue weighted by Gasteiger charge is 2.12. The van der Waals surface area contributed by atoms with Crippen molar-refractivity contribution in [2.75, 3.05) is 0 Å². The van der Waals surface area contributed by atoms with Crippen LogP contribution in [-0.2, 0) is 6.42 Å². The predicted molar refractivity (Wildman–Crippen MR) is 78.2 cm³/mol. The summed E-state index contributed by atoms with van der Waals surface area (Å²) in [6.45, 7) is 0. The fourth-order valence-electron chi connectivity index (χ4n) is 2.28. The average Bonchev–Trinajstić information content (AvgIpc) is 3.14. The van der Waals surface area contributed by atoms with Gasteiger partial charge in [0.2, 0.25) is 0 Å². The topological polar surface area (TPSA) is 94.3 Å². The van der Waals surface area contributed by atoms with Gasteiger partial charge in [0.05, 0.1) is 18.6 Å². The fraction of sp³-hybridized carbons (Fsp3) is 0.0714. The number of fused-ring (bicyclic) bond motifs is 1. The van der Waals surface area contributed by atoms with Gasteiger partial charge in [-0.05, 0) is 10.8 Å². The molecule has 1 N–H and O–H groups in total. The number of benzene rings is 1. The van der Waals surface area contributed by atoms with E-state index in [1.807, 2.05) is 30.3 Å². The summed E-state index contributed by atoms with van der Waals surface area (Å²) in [7, 11) is 0. The second-order valence-electron chi connectivity index (χ2n) is 4.75. The molecule has 0 unspecified atom stereocenters. The van der Waals surface area contributed by atoms with Crippen LogP contribution in [0.3, 0.4) is 0 Å². The van der Waals surface area contributed by atoms with Gasteiger partial charge in [-0.15, -0.1) is 9.89 Å². The number of nitrogens with one attached hydrogen (secondary N) is 1. The molecule has 4 aromatic rings. The van der Waals surface area contributed by atoms with Gasteiger partial charge < -0.3 is 4.98 Å². The molecule has 0 atom stereocenters. The van der Waals surface area contributed by atoms with E-state index < -0.39 is 0 Å². The molecule has 0 amide bonds. The molecular weight excluding hydrogens is 282 g/mol. The van der Waals surface area contributed by atoms with Gasteiger partial charge in [-0.1, -0.05) is 30.3 Å². The van der Waals surface area contributed by atoms with Crippen molar-refractivity contribution in [1.29, 1.82) is 0 Å². The Kier molecular flexibility index (Phi) is 2.78. The van der Waals surface area contributed by atoms with Gasteiger partial charge in [-0.3, -0.25) is 0 Å². The summed E-state index contributed by atoms with van der Waals surface area (Å²) in [6, 6.07) is 9.91. The minimum atomic E-state index is -0.341. The van der Waals surface area contributed by atoms with E-state index >= 15 is 0 Å². The first-order valence-corrected chi connectivity index (χ1v) is 6.69. The van der Waals surface area contributed by atoms with E-state index in [0.717, 1.165) is 5.56 Å². The molecule has 108 valence electrons. The van der Waals surface area contributed by atoms with E-state index in [4.69, 9.17) is 0 Å². The van der Waals surface area contributed by atoms with Crippen molar-refractivity contribution in [3.05, 3.63) is 70.8 Å². The molecule has 0 fully saturated rings. The minimum Gasteiger partial charge on any atom is -0.301 e. The van der Waals surface area contributed by atoms with Crippen LogP contribution in [0.4, 0.5) is 0 Å². The van der Waals surface area contributed by atoms with Gasteiger partial charge in [0.15, 0.2) is 5.65 Å². The normalized spacial score (nSPS) is 11.1. The maximum absolute atomic E-state index is 12.1. The number of rotatable bonds is 3. The summed E-state index contributed by atoms with van der Waals surface area (Å²) in [4.78, 5) is 24.9. The Labute approximate surface area is 124 Å². The van der Waals surface area contributed by atoms with Crippen LogP contribution in [0, 0.1) is 0 Å². The fourth-order valence-corrected chi connectivity index (χ4v) is 2.28. The van der Waals surface area contributed by atoms with Gasteiger partial charge in [0, 0.05) is 6.42 Å². The Morgan fingerprint density at radius 2 is 2.05 bits per heavy atom. The molecule has 4 rings (SSSR count). The third-order valence-corrected chi connectivity index (χ3v) is 3.27. The third kappa shape index (κ3) is 2.06. The zero-order chi connectivity index (χ0) is 14.9. The van der Waals surface area contributed by atoms with Crippen molar-refractivity contribution < 1.29 is 0 Å². The summed E-state index contributed by atoms with van der Waals surface area (Å²) in [6.07, 6.45) is 5.27. The van der Waals surface area contributed by atoms with E-state index in [0.29, 0.717) is 23.4 Å².